The van der Waals surface area contributed by atoms with Crippen molar-refractivity contribution < 1.29 is 18.3 Å². The number of phenols is 1. The third kappa shape index (κ3) is 4.27. The van der Waals surface area contributed by atoms with Gasteiger partial charge in [0.2, 0.25) is 0 Å². The highest BCUT2D eigenvalue weighted by molar-refractivity contribution is 7.86. The Kier molecular flexibility index (Phi) is 5.81. The van der Waals surface area contributed by atoms with Gasteiger partial charge in [0.05, 0.1) is 12.2 Å². The van der Waals surface area contributed by atoms with Crippen LogP contribution in [0.1, 0.15) is 19.4 Å². The number of ether oxygens (including phenoxy) is 1. The van der Waals surface area contributed by atoms with Crippen molar-refractivity contribution in [1.82, 2.24) is 13.5 Å². The van der Waals surface area contributed by atoms with Crippen molar-refractivity contribution in [3.05, 3.63) is 42.0 Å². The number of fused-ring (bicyclic) bond motifs is 1. The summed E-state index contributed by atoms with van der Waals surface area (Å²) in [4.78, 5) is 2.21. The molecule has 0 spiro atoms. The van der Waals surface area contributed by atoms with Crippen molar-refractivity contribution in [3.8, 4) is 5.75 Å². The van der Waals surface area contributed by atoms with E-state index in [9.17, 15) is 13.5 Å². The number of phenolic OH excluding ortho intramolecular Hbond substituents is 1. The molecule has 2 aliphatic rings. The van der Waals surface area contributed by atoms with Crippen molar-refractivity contribution >= 4 is 21.0 Å². The molecular weight excluding hydrogens is 390 g/mol. The fourth-order valence-corrected chi connectivity index (χ4v) is 6.06. The molecule has 0 aliphatic carbocycles. The zero-order valence-electron chi connectivity index (χ0n) is 17.0. The molecule has 1 N–H and O–H groups in total. The van der Waals surface area contributed by atoms with E-state index in [0.29, 0.717) is 45.8 Å². The zero-order valence-corrected chi connectivity index (χ0v) is 17.8. The van der Waals surface area contributed by atoms with Crippen LogP contribution >= 0.6 is 0 Å². The molecule has 2 heterocycles. The molecule has 29 heavy (non-hydrogen) atoms. The van der Waals surface area contributed by atoms with E-state index >= 15 is 0 Å². The van der Waals surface area contributed by atoms with Crippen molar-refractivity contribution in [2.75, 3.05) is 39.3 Å². The van der Waals surface area contributed by atoms with E-state index in [1.165, 1.54) is 0 Å². The van der Waals surface area contributed by atoms with Gasteiger partial charge in [0.15, 0.2) is 0 Å². The van der Waals surface area contributed by atoms with Crippen LogP contribution in [0.2, 0.25) is 0 Å². The highest BCUT2D eigenvalue weighted by Crippen LogP contribution is 2.29. The molecule has 0 aromatic heterocycles. The Bertz CT molecular complexity index is 963. The van der Waals surface area contributed by atoms with Crippen LogP contribution < -0.4 is 0 Å². The Balaban J connectivity index is 1.43. The molecule has 4 rings (SSSR count). The number of benzene rings is 2. The molecule has 2 saturated heterocycles. The molecule has 0 saturated carbocycles. The first-order valence-corrected chi connectivity index (χ1v) is 11.6. The van der Waals surface area contributed by atoms with Gasteiger partial charge in [-0.1, -0.05) is 30.3 Å². The molecule has 0 radical (unpaired) electrons. The van der Waals surface area contributed by atoms with Gasteiger partial charge in [-0.15, -0.1) is 0 Å². The Morgan fingerprint density at radius 1 is 0.966 bits per heavy atom. The van der Waals surface area contributed by atoms with Crippen molar-refractivity contribution in [2.45, 2.75) is 32.6 Å². The van der Waals surface area contributed by atoms with E-state index in [1.807, 2.05) is 44.2 Å². The predicted molar refractivity (Wildman–Crippen MR) is 113 cm³/mol. The Morgan fingerprint density at radius 3 is 2.31 bits per heavy atom. The Morgan fingerprint density at radius 2 is 1.62 bits per heavy atom. The van der Waals surface area contributed by atoms with Gasteiger partial charge in [-0.3, -0.25) is 4.90 Å². The van der Waals surface area contributed by atoms with Crippen molar-refractivity contribution in [2.24, 2.45) is 0 Å². The van der Waals surface area contributed by atoms with E-state index in [2.05, 4.69) is 4.90 Å². The minimum absolute atomic E-state index is 0.0934. The van der Waals surface area contributed by atoms with Gasteiger partial charge in [-0.05, 0) is 30.7 Å². The van der Waals surface area contributed by atoms with E-state index in [-0.39, 0.29) is 18.0 Å². The number of hydrogen-bond donors (Lipinski definition) is 1. The zero-order chi connectivity index (χ0) is 20.6. The van der Waals surface area contributed by atoms with Crippen molar-refractivity contribution in [1.29, 1.82) is 0 Å². The molecule has 158 valence electrons. The van der Waals surface area contributed by atoms with E-state index in [1.54, 1.807) is 14.7 Å². The minimum Gasteiger partial charge on any atom is -0.508 e. The fourth-order valence-electron chi connectivity index (χ4n) is 4.31. The maximum Gasteiger partial charge on any atom is 0.282 e. The molecule has 0 amide bonds. The molecular formula is C21H29N3O4S. The molecule has 8 heteroatoms. The average molecular weight is 420 g/mol. The number of morpholine rings is 1. The van der Waals surface area contributed by atoms with Crippen LogP contribution in [0.3, 0.4) is 0 Å². The van der Waals surface area contributed by atoms with Gasteiger partial charge in [0.25, 0.3) is 10.2 Å². The van der Waals surface area contributed by atoms with Gasteiger partial charge >= 0.3 is 0 Å². The maximum atomic E-state index is 13.1. The van der Waals surface area contributed by atoms with Crippen molar-refractivity contribution in [3.63, 3.8) is 0 Å². The molecule has 2 fully saturated rings. The standard InChI is InChI=1S/C21H29N3O4S/c1-16-13-24(14-17(2)28-16)29(26,27)23-11-9-22(10-12-23)15-20-19-6-4-3-5-18(19)7-8-21(20)25/h3-8,16-17,25H,9-15H2,1-2H3/t16-,17-/m0/s1. The van der Waals surface area contributed by atoms with Crippen LogP contribution in [0.15, 0.2) is 36.4 Å². The molecule has 0 bridgehead atoms. The fraction of sp³-hybridized carbons (Fsp3) is 0.524. The molecule has 7 nitrogen and oxygen atoms in total. The summed E-state index contributed by atoms with van der Waals surface area (Å²) in [5, 5.41) is 12.5. The lowest BCUT2D eigenvalue weighted by atomic mass is 10.0. The lowest BCUT2D eigenvalue weighted by Crippen LogP contribution is -2.57. The summed E-state index contributed by atoms with van der Waals surface area (Å²) in [6.07, 6.45) is -0.187. The van der Waals surface area contributed by atoms with Crippen LogP contribution in [0.5, 0.6) is 5.75 Å². The second-order valence-corrected chi connectivity index (χ2v) is 9.97. The first-order valence-electron chi connectivity index (χ1n) is 10.2. The minimum atomic E-state index is -3.48. The monoisotopic (exact) mass is 419 g/mol. The topological polar surface area (TPSA) is 73.3 Å². The summed E-state index contributed by atoms with van der Waals surface area (Å²) in [6, 6.07) is 11.7. The van der Waals surface area contributed by atoms with Crippen LogP contribution in [-0.4, -0.2) is 78.5 Å². The number of hydrogen-bond acceptors (Lipinski definition) is 5. The summed E-state index contributed by atoms with van der Waals surface area (Å²) in [5.41, 5.74) is 0.898. The highest BCUT2D eigenvalue weighted by atomic mass is 32.2. The summed E-state index contributed by atoms with van der Waals surface area (Å²) < 4.78 is 34.9. The lowest BCUT2D eigenvalue weighted by Gasteiger charge is -2.40. The average Bonchev–Trinajstić information content (AvgIpc) is 2.70. The molecule has 2 atom stereocenters. The summed E-state index contributed by atoms with van der Waals surface area (Å²) >= 11 is 0. The van der Waals surface area contributed by atoms with E-state index < -0.39 is 10.2 Å². The van der Waals surface area contributed by atoms with E-state index in [4.69, 9.17) is 4.74 Å². The predicted octanol–water partition coefficient (Wildman–Crippen LogP) is 2.02. The summed E-state index contributed by atoms with van der Waals surface area (Å²) in [5.74, 6) is 0.287. The number of rotatable bonds is 4. The first kappa shape index (κ1) is 20.6. The van der Waals surface area contributed by atoms with Crippen LogP contribution in [0, 0.1) is 0 Å². The largest absolute Gasteiger partial charge is 0.508 e. The SMILES string of the molecule is C[C@H]1CN(S(=O)(=O)N2CCN(Cc3c(O)ccc4ccccc34)CC2)C[C@H](C)O1. The van der Waals surface area contributed by atoms with Crippen LogP contribution in [0.4, 0.5) is 0 Å². The van der Waals surface area contributed by atoms with Crippen LogP contribution in [-0.2, 0) is 21.5 Å². The van der Waals surface area contributed by atoms with Crippen LogP contribution in [0.25, 0.3) is 10.8 Å². The molecule has 2 aliphatic heterocycles. The highest BCUT2D eigenvalue weighted by Gasteiger charge is 2.36. The normalized spacial score (nSPS) is 25.4. The van der Waals surface area contributed by atoms with Gasteiger partial charge in [-0.25, -0.2) is 0 Å². The number of piperazine rings is 1. The summed E-state index contributed by atoms with van der Waals surface area (Å²) in [7, 11) is -3.48. The third-order valence-corrected chi connectivity index (χ3v) is 7.74. The Hall–Kier alpha value is -1.71. The van der Waals surface area contributed by atoms with E-state index in [0.717, 1.165) is 16.3 Å². The second kappa shape index (κ2) is 8.20. The lowest BCUT2D eigenvalue weighted by molar-refractivity contribution is -0.0457. The number of nitrogens with zero attached hydrogens (tertiary/aromatic N) is 3. The van der Waals surface area contributed by atoms with Gasteiger partial charge in [0, 0.05) is 51.4 Å². The third-order valence-electron chi connectivity index (χ3n) is 5.77. The smallest absolute Gasteiger partial charge is 0.282 e. The van der Waals surface area contributed by atoms with Gasteiger partial charge in [-0.2, -0.15) is 17.0 Å². The van der Waals surface area contributed by atoms with Gasteiger partial charge in [0.1, 0.15) is 5.75 Å². The molecule has 2 aromatic rings. The quantitative estimate of drug-likeness (QED) is 0.821. The maximum absolute atomic E-state index is 13.1. The summed E-state index contributed by atoms with van der Waals surface area (Å²) in [6.45, 7) is 7.40. The molecule has 2 aromatic carbocycles. The number of aromatic hydroxyl groups is 1. The first-order chi connectivity index (χ1) is 13.8. The molecule has 0 unspecified atom stereocenters. The second-order valence-electron chi connectivity index (χ2n) is 8.04. The Labute approximate surface area is 172 Å². The van der Waals surface area contributed by atoms with Gasteiger partial charge < -0.3 is 9.84 Å².